The Morgan fingerprint density at radius 3 is 1.77 bits per heavy atom. The van der Waals surface area contributed by atoms with Gasteiger partial charge in [0.2, 0.25) is 0 Å². The molecule has 1 aromatic carbocycles. The van der Waals surface area contributed by atoms with Crippen LogP contribution < -0.4 is 0 Å². The van der Waals surface area contributed by atoms with Gasteiger partial charge >= 0.3 is 6.18 Å². The molecule has 0 N–H and O–H groups in total. The van der Waals surface area contributed by atoms with E-state index in [0.29, 0.717) is 0 Å². The molecule has 0 fully saturated rings. The number of halogens is 3. The van der Waals surface area contributed by atoms with Gasteiger partial charge in [-0.15, -0.1) is 0 Å². The van der Waals surface area contributed by atoms with Gasteiger partial charge in [-0.2, -0.15) is 18.4 Å². The summed E-state index contributed by atoms with van der Waals surface area (Å²) in [6, 6.07) is 8.11. The summed E-state index contributed by atoms with van der Waals surface area (Å²) in [5.41, 5.74) is -0.602. The second-order valence-corrected chi connectivity index (χ2v) is 2.09. The maximum Gasteiger partial charge on any atom is 0.416 e. The molecule has 0 bridgehead atoms. The molecule has 0 radical (unpaired) electrons. The number of nitrogens with zero attached hydrogens (tertiary/aromatic N) is 1. The lowest BCUT2D eigenvalue weighted by atomic mass is 10.2. The minimum atomic E-state index is -4.21. The van der Waals surface area contributed by atoms with E-state index in [-0.39, 0.29) is 0 Å². The second-order valence-electron chi connectivity index (χ2n) is 2.09. The molecule has 4 heteroatoms. The standard InChI is InChI=1S/C7H5F3.C2H3N/c8-7(9,10)6-4-2-1-3-5-6;1-2-3/h1-5H;1H3. The van der Waals surface area contributed by atoms with Gasteiger partial charge in [0.25, 0.3) is 0 Å². The maximum absolute atomic E-state index is 11.8. The van der Waals surface area contributed by atoms with Gasteiger partial charge in [-0.3, -0.25) is 0 Å². The highest BCUT2D eigenvalue weighted by Crippen LogP contribution is 2.28. The monoisotopic (exact) mass is 187 g/mol. The van der Waals surface area contributed by atoms with Crippen molar-refractivity contribution in [3.05, 3.63) is 35.9 Å². The van der Waals surface area contributed by atoms with Crippen LogP contribution >= 0.6 is 0 Å². The first-order chi connectivity index (χ1) is 6.02. The number of nitriles is 1. The lowest BCUT2D eigenvalue weighted by Crippen LogP contribution is -2.03. The molecule has 1 aromatic rings. The molecule has 0 aliphatic heterocycles. The maximum atomic E-state index is 11.8. The van der Waals surface area contributed by atoms with Crippen molar-refractivity contribution >= 4 is 0 Å². The van der Waals surface area contributed by atoms with E-state index in [4.69, 9.17) is 5.26 Å². The summed E-state index contributed by atoms with van der Waals surface area (Å²) in [6.45, 7) is 1.43. The fourth-order valence-corrected chi connectivity index (χ4v) is 0.627. The average molecular weight is 187 g/mol. The van der Waals surface area contributed by atoms with Crippen LogP contribution in [-0.2, 0) is 6.18 Å². The molecule has 0 aromatic heterocycles. The van der Waals surface area contributed by atoms with E-state index in [2.05, 4.69) is 0 Å². The van der Waals surface area contributed by atoms with Gasteiger partial charge in [-0.1, -0.05) is 30.3 Å². The molecule has 0 aliphatic carbocycles. The van der Waals surface area contributed by atoms with Gasteiger partial charge in [-0.25, -0.2) is 0 Å². The molecule has 0 aliphatic rings. The molecule has 1 nitrogen and oxygen atoms in total. The van der Waals surface area contributed by atoms with Gasteiger partial charge in [0.05, 0.1) is 11.6 Å². The zero-order valence-corrected chi connectivity index (χ0v) is 6.97. The van der Waals surface area contributed by atoms with Crippen molar-refractivity contribution in [2.45, 2.75) is 13.1 Å². The molecule has 0 heterocycles. The molecule has 0 amide bonds. The molecule has 70 valence electrons. The predicted octanol–water partition coefficient (Wildman–Crippen LogP) is 3.24. The summed E-state index contributed by atoms with van der Waals surface area (Å²) < 4.78 is 35.4. The van der Waals surface area contributed by atoms with Crippen LogP contribution in [0.2, 0.25) is 0 Å². The lowest BCUT2D eigenvalue weighted by molar-refractivity contribution is -0.137. The normalized spacial score (nSPS) is 9.46. The van der Waals surface area contributed by atoms with Crippen molar-refractivity contribution in [2.24, 2.45) is 0 Å². The molecular formula is C9H8F3N. The van der Waals surface area contributed by atoms with Gasteiger partial charge in [0, 0.05) is 6.92 Å². The Kier molecular flexibility index (Phi) is 4.60. The minimum Gasteiger partial charge on any atom is -0.199 e. The van der Waals surface area contributed by atoms with Crippen molar-refractivity contribution in [1.82, 2.24) is 0 Å². The quantitative estimate of drug-likeness (QED) is 0.611. The molecule has 1 rings (SSSR count). The van der Waals surface area contributed by atoms with Crippen LogP contribution in [0.1, 0.15) is 12.5 Å². The molecule has 0 saturated carbocycles. The summed E-state index contributed by atoms with van der Waals surface area (Å²) in [5, 5.41) is 7.32. The van der Waals surface area contributed by atoms with Crippen molar-refractivity contribution in [2.75, 3.05) is 0 Å². The summed E-state index contributed by atoms with van der Waals surface area (Å²) in [5.74, 6) is 0. The summed E-state index contributed by atoms with van der Waals surface area (Å²) in [4.78, 5) is 0. The molecule has 13 heavy (non-hydrogen) atoms. The summed E-state index contributed by atoms with van der Waals surface area (Å²) in [7, 11) is 0. The third-order valence-corrected chi connectivity index (χ3v) is 1.10. The van der Waals surface area contributed by atoms with Crippen LogP contribution in [0.25, 0.3) is 0 Å². The van der Waals surface area contributed by atoms with Gasteiger partial charge < -0.3 is 0 Å². The van der Waals surface area contributed by atoms with Gasteiger partial charge in [0.1, 0.15) is 0 Å². The zero-order chi connectivity index (χ0) is 10.3. The van der Waals surface area contributed by atoms with Crippen LogP contribution in [0.15, 0.2) is 30.3 Å². The smallest absolute Gasteiger partial charge is 0.199 e. The highest BCUT2D eigenvalue weighted by atomic mass is 19.4. The topological polar surface area (TPSA) is 23.8 Å². The predicted molar refractivity (Wildman–Crippen MR) is 42.7 cm³/mol. The van der Waals surface area contributed by atoms with E-state index >= 15 is 0 Å². The first-order valence-electron chi connectivity index (χ1n) is 3.45. The lowest BCUT2D eigenvalue weighted by Gasteiger charge is -2.03. The number of hydrogen-bond acceptors (Lipinski definition) is 1. The molecule has 0 unspecified atom stereocenters. The molecule has 0 spiro atoms. The average Bonchev–Trinajstić information content (AvgIpc) is 2.06. The van der Waals surface area contributed by atoms with E-state index in [1.807, 2.05) is 0 Å². The molecule has 0 atom stereocenters. The fourth-order valence-electron chi connectivity index (χ4n) is 0.627. The van der Waals surface area contributed by atoms with Crippen molar-refractivity contribution in [3.63, 3.8) is 0 Å². The van der Waals surface area contributed by atoms with Crippen molar-refractivity contribution in [3.8, 4) is 6.07 Å². The number of rotatable bonds is 0. The van der Waals surface area contributed by atoms with Gasteiger partial charge in [0.15, 0.2) is 0 Å². The van der Waals surface area contributed by atoms with Crippen LogP contribution in [-0.4, -0.2) is 0 Å². The SMILES string of the molecule is CC#N.FC(F)(F)c1ccccc1. The number of alkyl halides is 3. The van der Waals surface area contributed by atoms with E-state index in [0.717, 1.165) is 12.1 Å². The zero-order valence-electron chi connectivity index (χ0n) is 6.97. The van der Waals surface area contributed by atoms with E-state index in [9.17, 15) is 13.2 Å². The Morgan fingerprint density at radius 2 is 1.54 bits per heavy atom. The Labute approximate surface area is 74.4 Å². The third kappa shape index (κ3) is 4.86. The van der Waals surface area contributed by atoms with Crippen molar-refractivity contribution in [1.29, 1.82) is 5.26 Å². The highest BCUT2D eigenvalue weighted by Gasteiger charge is 2.29. The number of hydrogen-bond donors (Lipinski definition) is 0. The van der Waals surface area contributed by atoms with Crippen LogP contribution in [0.4, 0.5) is 13.2 Å². The second kappa shape index (κ2) is 5.20. The van der Waals surface area contributed by atoms with E-state index < -0.39 is 11.7 Å². The van der Waals surface area contributed by atoms with Gasteiger partial charge in [-0.05, 0) is 0 Å². The van der Waals surface area contributed by atoms with E-state index in [1.54, 1.807) is 12.1 Å². The summed E-state index contributed by atoms with van der Waals surface area (Å²) in [6.07, 6.45) is -4.21. The van der Waals surface area contributed by atoms with E-state index in [1.165, 1.54) is 19.1 Å². The Balaban J connectivity index is 0.000000424. The minimum absolute atomic E-state index is 0.602. The first kappa shape index (κ1) is 11.5. The largest absolute Gasteiger partial charge is 0.416 e. The van der Waals surface area contributed by atoms with Crippen LogP contribution in [0, 0.1) is 11.3 Å². The fraction of sp³-hybridized carbons (Fsp3) is 0.222. The first-order valence-corrected chi connectivity index (χ1v) is 3.45. The van der Waals surface area contributed by atoms with Crippen LogP contribution in [0.5, 0.6) is 0 Å². The van der Waals surface area contributed by atoms with Crippen LogP contribution in [0.3, 0.4) is 0 Å². The Hall–Kier alpha value is -1.50. The van der Waals surface area contributed by atoms with Crippen molar-refractivity contribution < 1.29 is 13.2 Å². The Bertz CT molecular complexity index is 271. The molecular weight excluding hydrogens is 179 g/mol. The highest BCUT2D eigenvalue weighted by molar-refractivity contribution is 5.17. The number of benzene rings is 1. The molecule has 0 saturated heterocycles. The third-order valence-electron chi connectivity index (χ3n) is 1.10. The summed E-state index contributed by atoms with van der Waals surface area (Å²) >= 11 is 0. The Morgan fingerprint density at radius 1 is 1.15 bits per heavy atom.